The van der Waals surface area contributed by atoms with Gasteiger partial charge in [-0.1, -0.05) is 30.4 Å². The van der Waals surface area contributed by atoms with Crippen molar-refractivity contribution in [3.63, 3.8) is 0 Å². The van der Waals surface area contributed by atoms with E-state index in [0.29, 0.717) is 0 Å². The first-order chi connectivity index (χ1) is 6.74. The van der Waals surface area contributed by atoms with Gasteiger partial charge in [0, 0.05) is 5.56 Å². The highest BCUT2D eigenvalue weighted by Gasteiger charge is 1.96. The molecule has 0 saturated carbocycles. The zero-order valence-electron chi connectivity index (χ0n) is 7.93. The zero-order chi connectivity index (χ0) is 10.4. The number of aliphatic carboxylic acids is 1. The number of carbonyl (C=O) groups is 1. The maximum absolute atomic E-state index is 10.3. The van der Waals surface area contributed by atoms with Gasteiger partial charge in [-0.15, -0.1) is 0 Å². The maximum Gasteiger partial charge on any atom is 0.307 e. The number of hydrogen-bond donors (Lipinski definition) is 1. The van der Waals surface area contributed by atoms with Crippen molar-refractivity contribution in [1.82, 2.24) is 0 Å². The summed E-state index contributed by atoms with van der Waals surface area (Å²) in [5.74, 6) is -0.0923. The molecule has 3 nitrogen and oxygen atoms in total. The van der Waals surface area contributed by atoms with Crippen molar-refractivity contribution >= 4 is 12.0 Å². The van der Waals surface area contributed by atoms with Crippen LogP contribution in [0.3, 0.4) is 0 Å². The van der Waals surface area contributed by atoms with Crippen molar-refractivity contribution in [1.29, 1.82) is 0 Å². The molecule has 0 amide bonds. The van der Waals surface area contributed by atoms with Gasteiger partial charge < -0.3 is 9.84 Å². The quantitative estimate of drug-likeness (QED) is 0.795. The maximum atomic E-state index is 10.3. The third-order valence-electron chi connectivity index (χ3n) is 1.73. The molecule has 0 atom stereocenters. The lowest BCUT2D eigenvalue weighted by Crippen LogP contribution is -1.90. The normalized spacial score (nSPS) is 10.4. The number of hydrogen-bond acceptors (Lipinski definition) is 2. The van der Waals surface area contributed by atoms with E-state index in [1.54, 1.807) is 19.3 Å². The average Bonchev–Trinajstić information content (AvgIpc) is 2.18. The Kier molecular flexibility index (Phi) is 3.73. The number of methoxy groups -OCH3 is 1. The summed E-state index contributed by atoms with van der Waals surface area (Å²) in [6, 6.07) is 7.45. The second-order valence-electron chi connectivity index (χ2n) is 2.74. The van der Waals surface area contributed by atoms with Crippen LogP contribution in [0.1, 0.15) is 12.0 Å². The molecule has 0 radical (unpaired) electrons. The minimum absolute atomic E-state index is 0.0258. The first-order valence-corrected chi connectivity index (χ1v) is 4.25. The molecule has 1 rings (SSSR count). The molecule has 0 aliphatic carbocycles. The van der Waals surface area contributed by atoms with E-state index in [2.05, 4.69) is 0 Å². The summed E-state index contributed by atoms with van der Waals surface area (Å²) in [5.41, 5.74) is 0.885. The summed E-state index contributed by atoms with van der Waals surface area (Å²) in [7, 11) is 1.59. The molecular weight excluding hydrogens is 180 g/mol. The molecule has 0 unspecified atom stereocenters. The summed E-state index contributed by atoms with van der Waals surface area (Å²) in [6.07, 6.45) is 3.37. The van der Waals surface area contributed by atoms with Crippen LogP contribution < -0.4 is 4.74 Å². The zero-order valence-corrected chi connectivity index (χ0v) is 7.93. The van der Waals surface area contributed by atoms with Crippen LogP contribution in [-0.2, 0) is 4.79 Å². The van der Waals surface area contributed by atoms with Crippen molar-refractivity contribution < 1.29 is 14.6 Å². The Balaban J connectivity index is 2.75. The Morgan fingerprint density at radius 2 is 2.21 bits per heavy atom. The van der Waals surface area contributed by atoms with Crippen molar-refractivity contribution in [2.45, 2.75) is 6.42 Å². The number of rotatable bonds is 4. The van der Waals surface area contributed by atoms with Gasteiger partial charge in [0.25, 0.3) is 0 Å². The van der Waals surface area contributed by atoms with Crippen LogP contribution in [0.2, 0.25) is 0 Å². The van der Waals surface area contributed by atoms with Gasteiger partial charge in [-0.2, -0.15) is 0 Å². The summed E-state index contributed by atoms with van der Waals surface area (Å²) in [5, 5.41) is 8.44. The molecule has 14 heavy (non-hydrogen) atoms. The molecule has 0 bridgehead atoms. The van der Waals surface area contributed by atoms with Crippen LogP contribution in [0.4, 0.5) is 0 Å². The van der Waals surface area contributed by atoms with Crippen molar-refractivity contribution in [2.24, 2.45) is 0 Å². The standard InChI is InChI=1S/C11H12O3/c1-14-10-7-3-2-5-9(10)6-4-8-11(12)13/h2-7H,8H2,1H3,(H,12,13)/b6-4-. The Bertz CT molecular complexity index is 342. The molecule has 0 aromatic heterocycles. The highest BCUT2D eigenvalue weighted by atomic mass is 16.5. The fourth-order valence-electron chi connectivity index (χ4n) is 1.09. The van der Waals surface area contributed by atoms with E-state index in [4.69, 9.17) is 9.84 Å². The molecule has 3 heteroatoms. The van der Waals surface area contributed by atoms with Crippen LogP contribution in [-0.4, -0.2) is 18.2 Å². The Morgan fingerprint density at radius 3 is 2.86 bits per heavy atom. The molecule has 1 aromatic rings. The van der Waals surface area contributed by atoms with Crippen LogP contribution in [0.15, 0.2) is 30.3 Å². The van der Waals surface area contributed by atoms with Crippen LogP contribution >= 0.6 is 0 Å². The summed E-state index contributed by atoms with van der Waals surface area (Å²) < 4.78 is 5.10. The Hall–Kier alpha value is -1.77. The largest absolute Gasteiger partial charge is 0.496 e. The Morgan fingerprint density at radius 1 is 1.50 bits per heavy atom. The molecule has 1 N–H and O–H groups in total. The van der Waals surface area contributed by atoms with Gasteiger partial charge in [0.1, 0.15) is 5.75 Å². The van der Waals surface area contributed by atoms with Gasteiger partial charge in [-0.05, 0) is 6.07 Å². The van der Waals surface area contributed by atoms with Gasteiger partial charge >= 0.3 is 5.97 Å². The topological polar surface area (TPSA) is 46.5 Å². The molecular formula is C11H12O3. The molecule has 0 aliphatic heterocycles. The number of para-hydroxylation sites is 1. The van der Waals surface area contributed by atoms with Gasteiger partial charge in [-0.3, -0.25) is 4.79 Å². The summed E-state index contributed by atoms with van der Waals surface area (Å²) >= 11 is 0. The van der Waals surface area contributed by atoms with Crippen molar-refractivity contribution in [3.05, 3.63) is 35.9 Å². The van der Waals surface area contributed by atoms with E-state index in [1.165, 1.54) is 0 Å². The van der Waals surface area contributed by atoms with E-state index in [-0.39, 0.29) is 6.42 Å². The predicted octanol–water partition coefficient (Wildman–Crippen LogP) is 2.18. The van der Waals surface area contributed by atoms with Crippen LogP contribution in [0.25, 0.3) is 6.08 Å². The molecule has 0 heterocycles. The highest BCUT2D eigenvalue weighted by molar-refractivity contribution is 5.71. The highest BCUT2D eigenvalue weighted by Crippen LogP contribution is 2.18. The van der Waals surface area contributed by atoms with E-state index in [9.17, 15) is 4.79 Å². The number of carboxylic acids is 1. The van der Waals surface area contributed by atoms with Gasteiger partial charge in [0.05, 0.1) is 13.5 Å². The number of benzene rings is 1. The molecule has 0 aliphatic rings. The smallest absolute Gasteiger partial charge is 0.307 e. The lowest BCUT2D eigenvalue weighted by molar-refractivity contribution is -0.135. The average molecular weight is 192 g/mol. The second-order valence-corrected chi connectivity index (χ2v) is 2.74. The van der Waals surface area contributed by atoms with Crippen LogP contribution in [0, 0.1) is 0 Å². The first-order valence-electron chi connectivity index (χ1n) is 4.25. The van der Waals surface area contributed by atoms with Crippen LogP contribution in [0.5, 0.6) is 5.75 Å². The number of carboxylic acid groups (broad SMARTS) is 1. The SMILES string of the molecule is COc1ccccc1/C=C\CC(=O)O. The molecule has 0 spiro atoms. The van der Waals surface area contributed by atoms with Crippen molar-refractivity contribution in [3.8, 4) is 5.75 Å². The third kappa shape index (κ3) is 2.94. The van der Waals surface area contributed by atoms with E-state index >= 15 is 0 Å². The minimum atomic E-state index is -0.837. The Labute approximate surface area is 82.6 Å². The number of ether oxygens (including phenoxy) is 1. The molecule has 0 fully saturated rings. The first kappa shape index (κ1) is 10.3. The van der Waals surface area contributed by atoms with Gasteiger partial charge in [-0.25, -0.2) is 0 Å². The lowest BCUT2D eigenvalue weighted by atomic mass is 10.2. The minimum Gasteiger partial charge on any atom is -0.496 e. The summed E-state index contributed by atoms with van der Waals surface area (Å²) in [4.78, 5) is 10.3. The fraction of sp³-hybridized carbons (Fsp3) is 0.182. The van der Waals surface area contributed by atoms with Gasteiger partial charge in [0.2, 0.25) is 0 Å². The molecule has 1 aromatic carbocycles. The monoisotopic (exact) mass is 192 g/mol. The van der Waals surface area contributed by atoms with E-state index in [1.807, 2.05) is 24.3 Å². The van der Waals surface area contributed by atoms with E-state index in [0.717, 1.165) is 11.3 Å². The fourth-order valence-corrected chi connectivity index (χ4v) is 1.09. The van der Waals surface area contributed by atoms with E-state index < -0.39 is 5.97 Å². The molecule has 74 valence electrons. The predicted molar refractivity (Wildman–Crippen MR) is 54.3 cm³/mol. The summed E-state index contributed by atoms with van der Waals surface area (Å²) in [6.45, 7) is 0. The molecule has 0 saturated heterocycles. The van der Waals surface area contributed by atoms with Crippen molar-refractivity contribution in [2.75, 3.05) is 7.11 Å². The van der Waals surface area contributed by atoms with Gasteiger partial charge in [0.15, 0.2) is 0 Å². The lowest BCUT2D eigenvalue weighted by Gasteiger charge is -2.02. The second kappa shape index (κ2) is 5.07. The third-order valence-corrected chi connectivity index (χ3v) is 1.73.